The Labute approximate surface area is 130 Å². The number of ether oxygens (including phenoxy) is 1. The van der Waals surface area contributed by atoms with E-state index in [0.29, 0.717) is 31.7 Å². The summed E-state index contributed by atoms with van der Waals surface area (Å²) in [6.07, 6.45) is 1.33. The number of nitrogens with two attached hydrogens (primary N) is 1. The van der Waals surface area contributed by atoms with Crippen LogP contribution in [0.1, 0.15) is 12.8 Å². The van der Waals surface area contributed by atoms with Gasteiger partial charge in [-0.25, -0.2) is 8.42 Å². The summed E-state index contributed by atoms with van der Waals surface area (Å²) in [6.45, 7) is 0.855. The molecule has 1 aliphatic heterocycles. The maximum atomic E-state index is 12.5. The second-order valence-electron chi connectivity index (χ2n) is 4.54. The van der Waals surface area contributed by atoms with Gasteiger partial charge in [0.1, 0.15) is 10.6 Å². The normalized spacial score (nSPS) is 17.6. The van der Waals surface area contributed by atoms with Crippen molar-refractivity contribution in [1.29, 1.82) is 0 Å². The van der Waals surface area contributed by atoms with Crippen molar-refractivity contribution in [2.75, 3.05) is 20.2 Å². The summed E-state index contributed by atoms with van der Waals surface area (Å²) < 4.78 is 31.5. The van der Waals surface area contributed by atoms with E-state index in [9.17, 15) is 8.42 Å². The molecule has 0 aliphatic carbocycles. The first-order valence-corrected chi connectivity index (χ1v) is 7.86. The average Bonchev–Trinajstić information content (AvgIpc) is 2.39. The third kappa shape index (κ3) is 3.56. The Kier molecular flexibility index (Phi) is 6.09. The monoisotopic (exact) mass is 340 g/mol. The lowest BCUT2D eigenvalue weighted by Crippen LogP contribution is -2.42. The molecule has 8 heteroatoms. The van der Waals surface area contributed by atoms with E-state index in [1.54, 1.807) is 6.07 Å². The number of methoxy groups -OCH3 is 1. The molecule has 0 atom stereocenters. The maximum Gasteiger partial charge on any atom is 0.244 e. The number of hydrogen-bond acceptors (Lipinski definition) is 4. The van der Waals surface area contributed by atoms with Gasteiger partial charge in [0.2, 0.25) is 10.0 Å². The Balaban J connectivity index is 0.00000200. The van der Waals surface area contributed by atoms with Crippen molar-refractivity contribution in [1.82, 2.24) is 4.31 Å². The van der Waals surface area contributed by atoms with Crippen LogP contribution in [0.4, 0.5) is 0 Å². The summed E-state index contributed by atoms with van der Waals surface area (Å²) in [5, 5.41) is 0.204. The molecule has 1 saturated heterocycles. The van der Waals surface area contributed by atoms with Gasteiger partial charge in [-0.2, -0.15) is 4.31 Å². The molecule has 2 rings (SSSR count). The second kappa shape index (κ2) is 6.95. The molecule has 0 bridgehead atoms. The molecule has 20 heavy (non-hydrogen) atoms. The second-order valence-corrected chi connectivity index (χ2v) is 6.85. The molecule has 5 nitrogen and oxygen atoms in total. The number of piperidine rings is 1. The van der Waals surface area contributed by atoms with Crippen LogP contribution in [0, 0.1) is 0 Å². The predicted octanol–water partition coefficient (Wildman–Crippen LogP) is 1.88. The summed E-state index contributed by atoms with van der Waals surface area (Å²) in [5.41, 5.74) is 5.79. The van der Waals surface area contributed by atoms with Crippen LogP contribution < -0.4 is 10.5 Å². The van der Waals surface area contributed by atoms with Crippen molar-refractivity contribution >= 4 is 34.0 Å². The number of rotatable bonds is 3. The van der Waals surface area contributed by atoms with Gasteiger partial charge in [0.15, 0.2) is 0 Å². The first kappa shape index (κ1) is 17.5. The lowest BCUT2D eigenvalue weighted by molar-refractivity contribution is 0.320. The molecule has 0 unspecified atom stereocenters. The zero-order valence-corrected chi connectivity index (χ0v) is 13.5. The highest BCUT2D eigenvalue weighted by Gasteiger charge is 2.30. The molecular weight excluding hydrogens is 323 g/mol. The third-order valence-electron chi connectivity index (χ3n) is 3.25. The Hall–Kier alpha value is -0.530. The molecule has 2 N–H and O–H groups in total. The first-order chi connectivity index (χ1) is 8.95. The van der Waals surface area contributed by atoms with Crippen LogP contribution in [-0.2, 0) is 10.0 Å². The maximum absolute atomic E-state index is 12.5. The molecule has 0 spiro atoms. The van der Waals surface area contributed by atoms with Gasteiger partial charge in [0, 0.05) is 25.2 Å². The summed E-state index contributed by atoms with van der Waals surface area (Å²) in [5.74, 6) is 0.469. The Bertz CT molecular complexity index is 558. The molecule has 0 saturated carbocycles. The smallest absolute Gasteiger partial charge is 0.244 e. The predicted molar refractivity (Wildman–Crippen MR) is 81.2 cm³/mol. The molecular formula is C12H18Cl2N2O3S. The largest absolute Gasteiger partial charge is 0.497 e. The highest BCUT2D eigenvalue weighted by molar-refractivity contribution is 7.89. The van der Waals surface area contributed by atoms with Gasteiger partial charge < -0.3 is 10.5 Å². The molecule has 0 aromatic heterocycles. The molecule has 114 valence electrons. The minimum Gasteiger partial charge on any atom is -0.497 e. The van der Waals surface area contributed by atoms with E-state index in [1.807, 2.05) is 0 Å². The van der Waals surface area contributed by atoms with Crippen molar-refractivity contribution in [2.24, 2.45) is 5.73 Å². The lowest BCUT2D eigenvalue weighted by Gasteiger charge is -2.29. The quantitative estimate of drug-likeness (QED) is 0.911. The highest BCUT2D eigenvalue weighted by atomic mass is 35.5. The van der Waals surface area contributed by atoms with E-state index in [-0.39, 0.29) is 28.4 Å². The Morgan fingerprint density at radius 1 is 1.35 bits per heavy atom. The fraction of sp³-hybridized carbons (Fsp3) is 0.500. The Morgan fingerprint density at radius 3 is 2.50 bits per heavy atom. The fourth-order valence-electron chi connectivity index (χ4n) is 2.06. The average molecular weight is 341 g/mol. The highest BCUT2D eigenvalue weighted by Crippen LogP contribution is 2.29. The van der Waals surface area contributed by atoms with E-state index < -0.39 is 10.0 Å². The minimum absolute atomic E-state index is 0. The van der Waals surface area contributed by atoms with Crippen molar-refractivity contribution < 1.29 is 13.2 Å². The summed E-state index contributed by atoms with van der Waals surface area (Å²) >= 11 is 6.00. The van der Waals surface area contributed by atoms with Gasteiger partial charge in [-0.3, -0.25) is 0 Å². The Morgan fingerprint density at radius 2 is 1.95 bits per heavy atom. The molecule has 1 heterocycles. The topological polar surface area (TPSA) is 72.6 Å². The summed E-state index contributed by atoms with van der Waals surface area (Å²) in [4.78, 5) is 0.0870. The van der Waals surface area contributed by atoms with Gasteiger partial charge in [0.05, 0.1) is 12.1 Å². The fourth-order valence-corrected chi connectivity index (χ4v) is 4.02. The van der Waals surface area contributed by atoms with Gasteiger partial charge in [0.25, 0.3) is 0 Å². The number of benzene rings is 1. The molecule has 1 fully saturated rings. The minimum atomic E-state index is -3.58. The van der Waals surface area contributed by atoms with Crippen LogP contribution in [0.5, 0.6) is 5.75 Å². The lowest BCUT2D eigenvalue weighted by atomic mass is 10.1. The number of hydrogen-bond donors (Lipinski definition) is 1. The standard InChI is InChI=1S/C12H17ClN2O3S.ClH/c1-18-10-2-3-11(13)12(8-10)19(16,17)15-6-4-9(14)5-7-15;/h2-3,8-9H,4-7,14H2,1H3;1H. The summed E-state index contributed by atoms with van der Waals surface area (Å²) in [6, 6.07) is 4.69. The van der Waals surface area contributed by atoms with E-state index in [2.05, 4.69) is 0 Å². The van der Waals surface area contributed by atoms with Crippen molar-refractivity contribution in [3.63, 3.8) is 0 Å². The van der Waals surface area contributed by atoms with Crippen molar-refractivity contribution in [3.05, 3.63) is 23.2 Å². The van der Waals surface area contributed by atoms with Crippen LogP contribution in [-0.4, -0.2) is 39.0 Å². The van der Waals surface area contributed by atoms with Crippen LogP contribution >= 0.6 is 24.0 Å². The van der Waals surface area contributed by atoms with E-state index in [4.69, 9.17) is 22.1 Å². The van der Waals surface area contributed by atoms with E-state index in [1.165, 1.54) is 23.5 Å². The zero-order valence-electron chi connectivity index (χ0n) is 11.1. The first-order valence-electron chi connectivity index (χ1n) is 6.04. The number of nitrogens with zero attached hydrogens (tertiary/aromatic N) is 1. The van der Waals surface area contributed by atoms with Gasteiger partial charge in [-0.1, -0.05) is 11.6 Å². The van der Waals surface area contributed by atoms with E-state index in [0.717, 1.165) is 0 Å². The van der Waals surface area contributed by atoms with Gasteiger partial charge in [-0.05, 0) is 25.0 Å². The molecule has 0 amide bonds. The summed E-state index contributed by atoms with van der Waals surface area (Å²) in [7, 11) is -2.10. The van der Waals surface area contributed by atoms with Crippen LogP contribution in [0.2, 0.25) is 5.02 Å². The van der Waals surface area contributed by atoms with Gasteiger partial charge in [-0.15, -0.1) is 12.4 Å². The number of halogens is 2. The van der Waals surface area contributed by atoms with E-state index >= 15 is 0 Å². The molecule has 1 aromatic carbocycles. The van der Waals surface area contributed by atoms with Crippen LogP contribution in [0.25, 0.3) is 0 Å². The molecule has 1 aliphatic rings. The van der Waals surface area contributed by atoms with Crippen LogP contribution in [0.3, 0.4) is 0 Å². The third-order valence-corrected chi connectivity index (χ3v) is 5.63. The molecule has 0 radical (unpaired) electrons. The SMILES string of the molecule is COc1ccc(Cl)c(S(=O)(=O)N2CCC(N)CC2)c1.Cl. The van der Waals surface area contributed by atoms with Crippen molar-refractivity contribution in [3.8, 4) is 5.75 Å². The molecule has 1 aromatic rings. The van der Waals surface area contributed by atoms with Gasteiger partial charge >= 0.3 is 0 Å². The zero-order chi connectivity index (χ0) is 14.0. The van der Waals surface area contributed by atoms with Crippen LogP contribution in [0.15, 0.2) is 23.1 Å². The number of sulfonamides is 1. The van der Waals surface area contributed by atoms with Crippen molar-refractivity contribution in [2.45, 2.75) is 23.8 Å².